The van der Waals surface area contributed by atoms with E-state index in [9.17, 15) is 4.79 Å². The van der Waals surface area contributed by atoms with Gasteiger partial charge in [0.25, 0.3) is 0 Å². The highest BCUT2D eigenvalue weighted by Gasteiger charge is 2.05. The average molecular weight is 289 g/mol. The molecule has 0 amide bonds. The van der Waals surface area contributed by atoms with Crippen LogP contribution in [-0.2, 0) is 6.54 Å². The Kier molecular flexibility index (Phi) is 3.93. The fourth-order valence-electron chi connectivity index (χ4n) is 2.40. The van der Waals surface area contributed by atoms with Crippen molar-refractivity contribution in [2.45, 2.75) is 6.54 Å². The van der Waals surface area contributed by atoms with Gasteiger partial charge in [-0.1, -0.05) is 30.0 Å². The monoisotopic (exact) mass is 289 g/mol. The van der Waals surface area contributed by atoms with Gasteiger partial charge in [-0.3, -0.25) is 4.79 Å². The molecule has 0 saturated carbocycles. The van der Waals surface area contributed by atoms with E-state index in [1.54, 1.807) is 7.11 Å². The van der Waals surface area contributed by atoms with Gasteiger partial charge in [0, 0.05) is 16.5 Å². The molecule has 3 nitrogen and oxygen atoms in total. The van der Waals surface area contributed by atoms with E-state index in [0.717, 1.165) is 28.5 Å². The van der Waals surface area contributed by atoms with E-state index in [0.29, 0.717) is 12.2 Å². The molecule has 2 aromatic carbocycles. The molecule has 0 radical (unpaired) electrons. The number of ether oxygens (including phenoxy) is 1. The number of carbonyl (C=O) groups excluding carboxylic acids is 1. The smallest absolute Gasteiger partial charge is 0.166 e. The minimum atomic E-state index is 0.480. The number of hydrogen-bond acceptors (Lipinski definition) is 2. The number of aldehydes is 1. The van der Waals surface area contributed by atoms with Crippen LogP contribution < -0.4 is 4.74 Å². The van der Waals surface area contributed by atoms with Crippen molar-refractivity contribution in [2.75, 3.05) is 7.11 Å². The third-order valence-electron chi connectivity index (χ3n) is 3.52. The van der Waals surface area contributed by atoms with Crippen LogP contribution >= 0.6 is 0 Å². The molecule has 0 saturated heterocycles. The Bertz CT molecular complexity index is 864. The van der Waals surface area contributed by atoms with Crippen LogP contribution in [0.2, 0.25) is 0 Å². The molecule has 0 N–H and O–H groups in total. The maximum Gasteiger partial charge on any atom is 0.166 e. The normalized spacial score (nSPS) is 10.0. The Morgan fingerprint density at radius 2 is 1.91 bits per heavy atom. The van der Waals surface area contributed by atoms with Crippen molar-refractivity contribution in [3.8, 4) is 17.6 Å². The molecule has 0 atom stereocenters. The van der Waals surface area contributed by atoms with Gasteiger partial charge in [-0.15, -0.1) is 0 Å². The fourth-order valence-corrected chi connectivity index (χ4v) is 2.40. The first-order valence-electron chi connectivity index (χ1n) is 6.98. The summed E-state index contributed by atoms with van der Waals surface area (Å²) in [5, 5.41) is 1.05. The molecule has 0 unspecified atom stereocenters. The second kappa shape index (κ2) is 6.19. The van der Waals surface area contributed by atoms with Crippen molar-refractivity contribution in [3.63, 3.8) is 0 Å². The quantitative estimate of drug-likeness (QED) is 0.546. The van der Waals surface area contributed by atoms with Gasteiger partial charge in [0.1, 0.15) is 5.75 Å². The van der Waals surface area contributed by atoms with Crippen LogP contribution in [0.4, 0.5) is 0 Å². The third kappa shape index (κ3) is 2.72. The van der Waals surface area contributed by atoms with Crippen LogP contribution in [0.25, 0.3) is 10.9 Å². The van der Waals surface area contributed by atoms with Crippen molar-refractivity contribution >= 4 is 17.2 Å². The van der Waals surface area contributed by atoms with Gasteiger partial charge in [0.2, 0.25) is 0 Å². The van der Waals surface area contributed by atoms with Crippen molar-refractivity contribution in [1.82, 2.24) is 4.57 Å². The van der Waals surface area contributed by atoms with Gasteiger partial charge >= 0.3 is 0 Å². The summed E-state index contributed by atoms with van der Waals surface area (Å²) in [7, 11) is 1.64. The Morgan fingerprint density at radius 3 is 2.64 bits per heavy atom. The van der Waals surface area contributed by atoms with Crippen molar-refractivity contribution in [3.05, 3.63) is 65.9 Å². The molecule has 0 fully saturated rings. The first-order valence-corrected chi connectivity index (χ1v) is 6.98. The highest BCUT2D eigenvalue weighted by Crippen LogP contribution is 2.18. The van der Waals surface area contributed by atoms with Gasteiger partial charge in [0.15, 0.2) is 6.29 Å². The summed E-state index contributed by atoms with van der Waals surface area (Å²) < 4.78 is 7.05. The first-order chi connectivity index (χ1) is 10.8. The lowest BCUT2D eigenvalue weighted by Gasteiger charge is -2.02. The molecule has 0 bridgehead atoms. The van der Waals surface area contributed by atoms with E-state index < -0.39 is 0 Å². The summed E-state index contributed by atoms with van der Waals surface area (Å²) in [4.78, 5) is 11.2. The van der Waals surface area contributed by atoms with Crippen molar-refractivity contribution < 1.29 is 9.53 Å². The second-order valence-corrected chi connectivity index (χ2v) is 4.86. The number of carbonyl (C=O) groups is 1. The summed E-state index contributed by atoms with van der Waals surface area (Å²) >= 11 is 0. The lowest BCUT2D eigenvalue weighted by atomic mass is 10.2. The molecule has 3 heteroatoms. The predicted molar refractivity (Wildman–Crippen MR) is 87.2 cm³/mol. The van der Waals surface area contributed by atoms with Gasteiger partial charge in [-0.05, 0) is 36.4 Å². The molecule has 0 aliphatic heterocycles. The SMILES string of the molecule is COc1ccc(C#CCn2c(C=O)cc3ccccc32)cc1. The zero-order valence-electron chi connectivity index (χ0n) is 12.2. The van der Waals surface area contributed by atoms with Crippen LogP contribution in [-0.4, -0.2) is 18.0 Å². The van der Waals surface area contributed by atoms with Gasteiger partial charge in [0.05, 0.1) is 19.3 Å². The number of aromatic nitrogens is 1. The van der Waals surface area contributed by atoms with E-state index in [4.69, 9.17) is 4.74 Å². The van der Waals surface area contributed by atoms with E-state index >= 15 is 0 Å². The third-order valence-corrected chi connectivity index (χ3v) is 3.52. The van der Waals surface area contributed by atoms with Gasteiger partial charge in [-0.25, -0.2) is 0 Å². The Labute approximate surface area is 129 Å². The Balaban J connectivity index is 1.87. The topological polar surface area (TPSA) is 31.2 Å². The van der Waals surface area contributed by atoms with Gasteiger partial charge < -0.3 is 9.30 Å². The number of hydrogen-bond donors (Lipinski definition) is 0. The molecule has 1 aromatic heterocycles. The van der Waals surface area contributed by atoms with E-state index in [-0.39, 0.29) is 0 Å². The predicted octanol–water partition coefficient (Wildman–Crippen LogP) is 3.51. The summed E-state index contributed by atoms with van der Waals surface area (Å²) in [6, 6.07) is 17.4. The van der Waals surface area contributed by atoms with Crippen LogP contribution in [0.5, 0.6) is 5.75 Å². The highest BCUT2D eigenvalue weighted by atomic mass is 16.5. The number of para-hydroxylation sites is 1. The van der Waals surface area contributed by atoms with Gasteiger partial charge in [-0.2, -0.15) is 0 Å². The molecule has 108 valence electrons. The Morgan fingerprint density at radius 1 is 1.14 bits per heavy atom. The maximum atomic E-state index is 11.2. The number of benzene rings is 2. The maximum absolute atomic E-state index is 11.2. The molecular formula is C19H15NO2. The average Bonchev–Trinajstić information content (AvgIpc) is 2.93. The largest absolute Gasteiger partial charge is 0.497 e. The van der Waals surface area contributed by atoms with E-state index in [1.165, 1.54) is 0 Å². The van der Waals surface area contributed by atoms with E-state index in [2.05, 4.69) is 11.8 Å². The number of rotatable bonds is 3. The minimum absolute atomic E-state index is 0.480. The molecule has 0 aliphatic carbocycles. The van der Waals surface area contributed by atoms with Crippen LogP contribution in [0, 0.1) is 11.8 Å². The molecular weight excluding hydrogens is 274 g/mol. The van der Waals surface area contributed by atoms with Crippen molar-refractivity contribution in [2.24, 2.45) is 0 Å². The standard InChI is InChI=1S/C19H15NO2/c1-22-18-10-8-15(9-11-18)5-4-12-20-17(14-21)13-16-6-2-3-7-19(16)20/h2-3,6-11,13-14H,12H2,1H3. The molecule has 1 heterocycles. The zero-order valence-corrected chi connectivity index (χ0v) is 12.2. The summed E-state index contributed by atoms with van der Waals surface area (Å²) in [6.07, 6.45) is 0.870. The summed E-state index contributed by atoms with van der Waals surface area (Å²) in [5.74, 6) is 7.04. The molecule has 0 aliphatic rings. The van der Waals surface area contributed by atoms with E-state index in [1.807, 2.05) is 59.2 Å². The number of fused-ring (bicyclic) bond motifs is 1. The lowest BCUT2D eigenvalue weighted by molar-refractivity contribution is 0.111. The lowest BCUT2D eigenvalue weighted by Crippen LogP contribution is -2.00. The Hall–Kier alpha value is -2.99. The second-order valence-electron chi connectivity index (χ2n) is 4.86. The minimum Gasteiger partial charge on any atom is -0.497 e. The summed E-state index contributed by atoms with van der Waals surface area (Å²) in [5.41, 5.74) is 2.59. The molecule has 3 rings (SSSR count). The number of methoxy groups -OCH3 is 1. The van der Waals surface area contributed by atoms with Crippen LogP contribution in [0.3, 0.4) is 0 Å². The zero-order chi connectivity index (χ0) is 15.4. The molecule has 22 heavy (non-hydrogen) atoms. The van der Waals surface area contributed by atoms with Crippen molar-refractivity contribution in [1.29, 1.82) is 0 Å². The first kappa shape index (κ1) is 14.0. The molecule has 3 aromatic rings. The molecule has 0 spiro atoms. The summed E-state index contributed by atoms with van der Waals surface area (Å²) in [6.45, 7) is 0.480. The van der Waals surface area contributed by atoms with Crippen LogP contribution in [0.15, 0.2) is 54.6 Å². The highest BCUT2D eigenvalue weighted by molar-refractivity contribution is 5.89. The fraction of sp³-hybridized carbons (Fsp3) is 0.105. The number of nitrogens with zero attached hydrogens (tertiary/aromatic N) is 1. The van der Waals surface area contributed by atoms with Crippen LogP contribution in [0.1, 0.15) is 16.1 Å².